The molecule has 0 aliphatic carbocycles. The second-order valence-electron chi connectivity index (χ2n) is 9.17. The molecule has 0 radical (unpaired) electrons. The number of carbonyl (C=O) groups excluding carboxylic acids is 2. The molecule has 8 nitrogen and oxygen atoms in total. The predicted octanol–water partition coefficient (Wildman–Crippen LogP) is 3.47. The van der Waals surface area contributed by atoms with Crippen molar-refractivity contribution in [3.8, 4) is 11.1 Å². The first-order valence-corrected chi connectivity index (χ1v) is 14.9. The highest BCUT2D eigenvalue weighted by atomic mass is 35.5. The number of aliphatic hydroxyl groups excluding tert-OH is 1. The fourth-order valence-corrected chi connectivity index (χ4v) is 5.62. The Labute approximate surface area is 243 Å². The average Bonchev–Trinajstić information content (AvgIpc) is 2.90. The third-order valence-electron chi connectivity index (χ3n) is 5.89. The first-order chi connectivity index (χ1) is 19.0. The largest absolute Gasteiger partial charge is 0.384 e. The van der Waals surface area contributed by atoms with Crippen molar-refractivity contribution in [2.75, 3.05) is 13.1 Å². The highest BCUT2D eigenvalue weighted by molar-refractivity contribution is 7.90. The van der Waals surface area contributed by atoms with Gasteiger partial charge in [0.2, 0.25) is 5.91 Å². The minimum atomic E-state index is -4.30. The van der Waals surface area contributed by atoms with Crippen molar-refractivity contribution in [3.05, 3.63) is 88.7 Å². The first kappa shape index (κ1) is 31.6. The van der Waals surface area contributed by atoms with Gasteiger partial charge in [0.25, 0.3) is 15.9 Å². The maximum Gasteiger partial charge on any atom is 0.264 e. The molecule has 40 heavy (non-hydrogen) atoms. The third-order valence-corrected chi connectivity index (χ3v) is 7.90. The minimum Gasteiger partial charge on any atom is -0.384 e. The fourth-order valence-electron chi connectivity index (χ4n) is 3.82. The van der Waals surface area contributed by atoms with Crippen LogP contribution in [0.15, 0.2) is 71.6 Å². The number of benzene rings is 3. The molecule has 2 amide bonds. The SMILES string of the molecule is C[C@H](O)C(=O)NS(=O)(=O)c1ccccc1-c1ccc(CNCCC(=O)NC[C@H](S)Cc2cccc(Cl)c2)c(F)c1. The number of sulfonamides is 1. The van der Waals surface area contributed by atoms with Gasteiger partial charge in [-0.15, -0.1) is 0 Å². The molecular weight excluding hydrogens is 577 g/mol. The van der Waals surface area contributed by atoms with Gasteiger partial charge >= 0.3 is 0 Å². The summed E-state index contributed by atoms with van der Waals surface area (Å²) in [4.78, 5) is 23.7. The predicted molar refractivity (Wildman–Crippen MR) is 156 cm³/mol. The highest BCUT2D eigenvalue weighted by Crippen LogP contribution is 2.28. The van der Waals surface area contributed by atoms with E-state index in [0.29, 0.717) is 35.7 Å². The van der Waals surface area contributed by atoms with Gasteiger partial charge in [-0.25, -0.2) is 17.5 Å². The lowest BCUT2D eigenvalue weighted by Crippen LogP contribution is -2.37. The Bertz CT molecular complexity index is 1450. The first-order valence-electron chi connectivity index (χ1n) is 12.5. The Morgan fingerprint density at radius 1 is 1.07 bits per heavy atom. The fraction of sp³-hybridized carbons (Fsp3) is 0.286. The van der Waals surface area contributed by atoms with Crippen LogP contribution < -0.4 is 15.4 Å². The Hall–Kier alpha value is -2.96. The Morgan fingerprint density at radius 3 is 2.52 bits per heavy atom. The number of hydrogen-bond acceptors (Lipinski definition) is 7. The van der Waals surface area contributed by atoms with Gasteiger partial charge in [-0.3, -0.25) is 9.59 Å². The van der Waals surface area contributed by atoms with Gasteiger partial charge in [-0.1, -0.05) is 54.1 Å². The molecule has 0 spiro atoms. The lowest BCUT2D eigenvalue weighted by molar-refractivity contribution is -0.126. The summed E-state index contributed by atoms with van der Waals surface area (Å²) in [5, 5.41) is 15.8. The van der Waals surface area contributed by atoms with Crippen molar-refractivity contribution in [1.29, 1.82) is 0 Å². The molecular formula is C28H31ClFN3O5S2. The van der Waals surface area contributed by atoms with E-state index in [1.54, 1.807) is 18.2 Å². The Balaban J connectivity index is 1.51. The molecule has 214 valence electrons. The van der Waals surface area contributed by atoms with Crippen LogP contribution in [0.2, 0.25) is 5.02 Å². The smallest absolute Gasteiger partial charge is 0.264 e. The van der Waals surface area contributed by atoms with Crippen LogP contribution in [0.4, 0.5) is 4.39 Å². The standard InChI is InChI=1S/C28H31ClFN3O5S2/c1-18(34)28(36)33-40(37,38)26-8-3-2-7-24(26)20-9-10-21(25(30)15-20)16-31-12-11-27(35)32-17-23(39)14-19-5-4-6-22(29)13-19/h2-10,13,15,18,23,31,34,39H,11-12,14,16-17H2,1H3,(H,32,35)(H,33,36)/t18-,23+/m0/s1. The molecule has 0 unspecified atom stereocenters. The summed E-state index contributed by atoms with van der Waals surface area (Å²) in [5.74, 6) is -1.79. The van der Waals surface area contributed by atoms with E-state index in [4.69, 9.17) is 11.6 Å². The number of rotatable bonds is 13. The van der Waals surface area contributed by atoms with Crippen LogP contribution >= 0.6 is 24.2 Å². The second-order valence-corrected chi connectivity index (χ2v) is 12.0. The van der Waals surface area contributed by atoms with E-state index in [1.165, 1.54) is 30.3 Å². The molecule has 3 aromatic rings. The van der Waals surface area contributed by atoms with E-state index in [0.717, 1.165) is 12.5 Å². The highest BCUT2D eigenvalue weighted by Gasteiger charge is 2.24. The normalized spacial score (nSPS) is 12.9. The number of carbonyl (C=O) groups is 2. The molecule has 0 saturated heterocycles. The summed E-state index contributed by atoms with van der Waals surface area (Å²) in [6.07, 6.45) is -0.664. The zero-order valence-electron chi connectivity index (χ0n) is 21.7. The molecule has 3 aromatic carbocycles. The van der Waals surface area contributed by atoms with Gasteiger partial charge in [0, 0.05) is 47.5 Å². The van der Waals surface area contributed by atoms with Crippen LogP contribution in [0.3, 0.4) is 0 Å². The van der Waals surface area contributed by atoms with E-state index < -0.39 is 27.9 Å². The van der Waals surface area contributed by atoms with Crippen LogP contribution in [0, 0.1) is 5.82 Å². The number of amides is 2. The average molecular weight is 608 g/mol. The van der Waals surface area contributed by atoms with Gasteiger partial charge in [-0.05, 0) is 48.7 Å². The van der Waals surface area contributed by atoms with Gasteiger partial charge < -0.3 is 15.7 Å². The summed E-state index contributed by atoms with van der Waals surface area (Å²) in [7, 11) is -4.30. The molecule has 0 bridgehead atoms. The molecule has 0 saturated carbocycles. The summed E-state index contributed by atoms with van der Waals surface area (Å²) in [5.41, 5.74) is 1.86. The van der Waals surface area contributed by atoms with E-state index in [-0.39, 0.29) is 34.6 Å². The van der Waals surface area contributed by atoms with E-state index in [2.05, 4.69) is 23.3 Å². The number of aliphatic hydroxyl groups is 1. The van der Waals surface area contributed by atoms with Gasteiger partial charge in [0.15, 0.2) is 0 Å². The summed E-state index contributed by atoms with van der Waals surface area (Å²) >= 11 is 10.5. The van der Waals surface area contributed by atoms with Crippen molar-refractivity contribution >= 4 is 46.1 Å². The number of nitrogens with one attached hydrogen (secondary N) is 3. The van der Waals surface area contributed by atoms with E-state index in [9.17, 15) is 27.5 Å². The van der Waals surface area contributed by atoms with Crippen molar-refractivity contribution in [3.63, 3.8) is 0 Å². The maximum absolute atomic E-state index is 14.9. The monoisotopic (exact) mass is 607 g/mol. The molecule has 0 aliphatic rings. The molecule has 0 aromatic heterocycles. The molecule has 4 N–H and O–H groups in total. The van der Waals surface area contributed by atoms with Crippen molar-refractivity contribution in [2.24, 2.45) is 0 Å². The zero-order valence-corrected chi connectivity index (χ0v) is 24.2. The molecule has 3 rings (SSSR count). The van der Waals surface area contributed by atoms with Crippen molar-refractivity contribution < 1.29 is 27.5 Å². The quantitative estimate of drug-likeness (QED) is 0.150. The third kappa shape index (κ3) is 9.31. The van der Waals surface area contributed by atoms with Crippen LogP contribution in [-0.2, 0) is 32.6 Å². The lowest BCUT2D eigenvalue weighted by atomic mass is 10.0. The Kier molecular flexibility index (Phi) is 11.5. The van der Waals surface area contributed by atoms with Gasteiger partial charge in [-0.2, -0.15) is 12.6 Å². The Morgan fingerprint density at radius 2 is 1.82 bits per heavy atom. The van der Waals surface area contributed by atoms with Gasteiger partial charge in [0.05, 0.1) is 4.90 Å². The molecule has 0 aliphatic heterocycles. The van der Waals surface area contributed by atoms with Crippen LogP contribution in [-0.4, -0.2) is 49.8 Å². The summed E-state index contributed by atoms with van der Waals surface area (Å²) in [6, 6.07) is 17.6. The zero-order chi connectivity index (χ0) is 29.3. The number of thiol groups is 1. The van der Waals surface area contributed by atoms with E-state index in [1.807, 2.05) is 22.9 Å². The number of hydrogen-bond donors (Lipinski definition) is 5. The van der Waals surface area contributed by atoms with Gasteiger partial charge in [0.1, 0.15) is 11.9 Å². The lowest BCUT2D eigenvalue weighted by Gasteiger charge is -2.14. The minimum absolute atomic E-state index is 0.0717. The molecule has 12 heteroatoms. The second kappa shape index (κ2) is 14.6. The molecule has 0 heterocycles. The van der Waals surface area contributed by atoms with Crippen LogP contribution in [0.25, 0.3) is 11.1 Å². The molecule has 0 fully saturated rings. The van der Waals surface area contributed by atoms with Crippen molar-refractivity contribution in [1.82, 2.24) is 15.4 Å². The van der Waals surface area contributed by atoms with Crippen molar-refractivity contribution in [2.45, 2.75) is 42.6 Å². The summed E-state index contributed by atoms with van der Waals surface area (Å²) < 4.78 is 42.1. The maximum atomic E-state index is 14.9. The summed E-state index contributed by atoms with van der Waals surface area (Å²) in [6.45, 7) is 2.02. The molecule has 2 atom stereocenters. The topological polar surface area (TPSA) is 125 Å². The van der Waals surface area contributed by atoms with Crippen LogP contribution in [0.1, 0.15) is 24.5 Å². The van der Waals surface area contributed by atoms with E-state index >= 15 is 0 Å². The number of halogens is 2. The van der Waals surface area contributed by atoms with Crippen LogP contribution in [0.5, 0.6) is 0 Å².